The standard InChI is InChI=1S/C18H19BrN6O3/c19-10-1-3-11(4-2-10)21-17(27)12-9-13(26)22-16-14(12)15(20)23-18(24-16)25-5-7-28-8-6-25/h1-4,12H,5-9H2,(H,21,27)(H3,20,22,23,24,26)/t12-/m0/s1. The van der Waals surface area contributed by atoms with Crippen LogP contribution in [0.2, 0.25) is 0 Å². The van der Waals surface area contributed by atoms with E-state index in [4.69, 9.17) is 10.5 Å². The summed E-state index contributed by atoms with van der Waals surface area (Å²) in [6, 6.07) is 7.19. The minimum absolute atomic E-state index is 0.0141. The van der Waals surface area contributed by atoms with E-state index in [0.29, 0.717) is 49.3 Å². The van der Waals surface area contributed by atoms with Crippen LogP contribution in [0.1, 0.15) is 17.9 Å². The van der Waals surface area contributed by atoms with E-state index in [1.807, 2.05) is 17.0 Å². The summed E-state index contributed by atoms with van der Waals surface area (Å²) in [5.74, 6) is -0.453. The van der Waals surface area contributed by atoms with Gasteiger partial charge in [0.15, 0.2) is 0 Å². The van der Waals surface area contributed by atoms with Crippen molar-refractivity contribution in [2.75, 3.05) is 47.6 Å². The van der Waals surface area contributed by atoms with E-state index in [2.05, 4.69) is 36.5 Å². The van der Waals surface area contributed by atoms with Crippen LogP contribution in [0.4, 0.5) is 23.3 Å². The summed E-state index contributed by atoms with van der Waals surface area (Å²) in [5.41, 5.74) is 7.27. The number of hydrogen-bond acceptors (Lipinski definition) is 7. The molecule has 4 rings (SSSR count). The molecule has 10 heteroatoms. The van der Waals surface area contributed by atoms with E-state index in [1.165, 1.54) is 0 Å². The number of anilines is 4. The van der Waals surface area contributed by atoms with Gasteiger partial charge in [0.25, 0.3) is 0 Å². The smallest absolute Gasteiger partial charge is 0.232 e. The number of carbonyl (C=O) groups excluding carboxylic acids is 2. The second kappa shape index (κ2) is 7.72. The monoisotopic (exact) mass is 446 g/mol. The highest BCUT2D eigenvalue weighted by Gasteiger charge is 2.35. The zero-order valence-corrected chi connectivity index (χ0v) is 16.5. The van der Waals surface area contributed by atoms with Gasteiger partial charge in [0, 0.05) is 29.7 Å². The van der Waals surface area contributed by atoms with Crippen molar-refractivity contribution < 1.29 is 14.3 Å². The number of ether oxygens (including phenoxy) is 1. The van der Waals surface area contributed by atoms with Crippen molar-refractivity contribution in [1.82, 2.24) is 9.97 Å². The number of morpholine rings is 1. The Morgan fingerprint density at radius 3 is 2.68 bits per heavy atom. The first-order valence-electron chi connectivity index (χ1n) is 8.87. The minimum atomic E-state index is -0.758. The number of halogens is 1. The van der Waals surface area contributed by atoms with Crippen molar-refractivity contribution in [2.45, 2.75) is 12.3 Å². The second-order valence-corrected chi connectivity index (χ2v) is 7.49. The van der Waals surface area contributed by atoms with Gasteiger partial charge in [-0.1, -0.05) is 15.9 Å². The Kier molecular flexibility index (Phi) is 5.14. The Morgan fingerprint density at radius 1 is 1.25 bits per heavy atom. The van der Waals surface area contributed by atoms with Crippen molar-refractivity contribution in [3.8, 4) is 0 Å². The molecule has 1 aromatic carbocycles. The molecule has 2 aromatic rings. The van der Waals surface area contributed by atoms with Crippen LogP contribution < -0.4 is 21.3 Å². The molecule has 1 fully saturated rings. The molecule has 28 heavy (non-hydrogen) atoms. The fourth-order valence-electron chi connectivity index (χ4n) is 3.28. The third-order valence-electron chi connectivity index (χ3n) is 4.68. The highest BCUT2D eigenvalue weighted by Crippen LogP contribution is 2.36. The maximum atomic E-state index is 12.9. The number of nitrogens with zero attached hydrogens (tertiary/aromatic N) is 3. The average Bonchev–Trinajstić information content (AvgIpc) is 2.69. The highest BCUT2D eigenvalue weighted by molar-refractivity contribution is 9.10. The van der Waals surface area contributed by atoms with E-state index in [-0.39, 0.29) is 24.1 Å². The molecule has 2 aliphatic heterocycles. The Hall–Kier alpha value is -2.72. The third kappa shape index (κ3) is 3.78. The minimum Gasteiger partial charge on any atom is -0.383 e. The molecule has 3 heterocycles. The summed E-state index contributed by atoms with van der Waals surface area (Å²) in [6.07, 6.45) is -0.0141. The lowest BCUT2D eigenvalue weighted by Gasteiger charge is -2.30. The fraction of sp³-hybridized carbons (Fsp3) is 0.333. The number of nitrogens with two attached hydrogens (primary N) is 1. The van der Waals surface area contributed by atoms with Crippen LogP contribution in [0.5, 0.6) is 0 Å². The maximum Gasteiger partial charge on any atom is 0.232 e. The SMILES string of the molecule is Nc1nc(N2CCOCC2)nc2c1[C@@H](C(=O)Nc1ccc(Br)cc1)CC(=O)N2. The van der Waals surface area contributed by atoms with Gasteiger partial charge in [-0.25, -0.2) is 0 Å². The molecular weight excluding hydrogens is 428 g/mol. The molecule has 0 aliphatic carbocycles. The molecule has 0 unspecified atom stereocenters. The van der Waals surface area contributed by atoms with E-state index in [0.717, 1.165) is 4.47 Å². The molecule has 1 atom stereocenters. The van der Waals surface area contributed by atoms with E-state index < -0.39 is 5.92 Å². The van der Waals surface area contributed by atoms with Gasteiger partial charge in [0.1, 0.15) is 11.6 Å². The normalized spacial score (nSPS) is 19.0. The summed E-state index contributed by atoms with van der Waals surface area (Å²) < 4.78 is 6.24. The lowest BCUT2D eigenvalue weighted by molar-refractivity contribution is -0.123. The van der Waals surface area contributed by atoms with Gasteiger partial charge in [0.2, 0.25) is 17.8 Å². The first-order valence-corrected chi connectivity index (χ1v) is 9.67. The van der Waals surface area contributed by atoms with Crippen molar-refractivity contribution in [3.63, 3.8) is 0 Å². The number of nitrogens with one attached hydrogen (secondary N) is 2. The second-order valence-electron chi connectivity index (χ2n) is 6.57. The molecule has 1 aromatic heterocycles. The van der Waals surface area contributed by atoms with Crippen LogP contribution >= 0.6 is 15.9 Å². The van der Waals surface area contributed by atoms with Gasteiger partial charge in [-0.05, 0) is 24.3 Å². The summed E-state index contributed by atoms with van der Waals surface area (Å²) in [4.78, 5) is 35.9. The number of nitrogen functional groups attached to an aromatic ring is 1. The largest absolute Gasteiger partial charge is 0.383 e. The quantitative estimate of drug-likeness (QED) is 0.655. The number of fused-ring (bicyclic) bond motifs is 1. The average molecular weight is 447 g/mol. The highest BCUT2D eigenvalue weighted by atomic mass is 79.9. The molecule has 0 saturated carbocycles. The van der Waals surface area contributed by atoms with Crippen LogP contribution in [-0.2, 0) is 14.3 Å². The van der Waals surface area contributed by atoms with Crippen molar-refractivity contribution in [1.29, 1.82) is 0 Å². The van der Waals surface area contributed by atoms with Gasteiger partial charge in [-0.2, -0.15) is 9.97 Å². The zero-order valence-electron chi connectivity index (χ0n) is 14.9. The Balaban J connectivity index is 1.63. The summed E-state index contributed by atoms with van der Waals surface area (Å²) in [7, 11) is 0. The fourth-order valence-corrected chi connectivity index (χ4v) is 3.54. The summed E-state index contributed by atoms with van der Waals surface area (Å²) in [5, 5.41) is 5.55. The summed E-state index contributed by atoms with van der Waals surface area (Å²) >= 11 is 3.36. The van der Waals surface area contributed by atoms with Crippen LogP contribution in [0.25, 0.3) is 0 Å². The van der Waals surface area contributed by atoms with Crippen LogP contribution in [0.15, 0.2) is 28.7 Å². The molecule has 0 spiro atoms. The van der Waals surface area contributed by atoms with Gasteiger partial charge in [-0.3, -0.25) is 9.59 Å². The summed E-state index contributed by atoms with van der Waals surface area (Å²) in [6.45, 7) is 2.43. The third-order valence-corrected chi connectivity index (χ3v) is 5.21. The van der Waals surface area contributed by atoms with Crippen molar-refractivity contribution in [2.24, 2.45) is 0 Å². The predicted molar refractivity (Wildman–Crippen MR) is 108 cm³/mol. The van der Waals surface area contributed by atoms with E-state index >= 15 is 0 Å². The number of amides is 2. The lowest BCUT2D eigenvalue weighted by atomic mass is 9.92. The molecular formula is C18H19BrN6O3. The molecule has 0 bridgehead atoms. The van der Waals surface area contributed by atoms with Gasteiger partial charge < -0.3 is 26.0 Å². The molecule has 0 radical (unpaired) electrons. The molecule has 1 saturated heterocycles. The first kappa shape index (κ1) is 18.6. The van der Waals surface area contributed by atoms with Crippen LogP contribution in [-0.4, -0.2) is 48.1 Å². The number of carbonyl (C=O) groups is 2. The Labute approximate surface area is 169 Å². The zero-order chi connectivity index (χ0) is 19.7. The van der Waals surface area contributed by atoms with Gasteiger partial charge in [-0.15, -0.1) is 0 Å². The Bertz CT molecular complexity index is 914. The maximum absolute atomic E-state index is 12.9. The van der Waals surface area contributed by atoms with Crippen molar-refractivity contribution >= 4 is 51.0 Å². The molecule has 4 N–H and O–H groups in total. The van der Waals surface area contributed by atoms with Gasteiger partial charge in [0.05, 0.1) is 24.7 Å². The lowest BCUT2D eigenvalue weighted by Crippen LogP contribution is -2.38. The van der Waals surface area contributed by atoms with E-state index in [1.54, 1.807) is 12.1 Å². The van der Waals surface area contributed by atoms with E-state index in [9.17, 15) is 9.59 Å². The molecule has 146 valence electrons. The molecule has 2 aliphatic rings. The van der Waals surface area contributed by atoms with Crippen LogP contribution in [0, 0.1) is 0 Å². The van der Waals surface area contributed by atoms with Gasteiger partial charge >= 0.3 is 0 Å². The number of aromatic nitrogens is 2. The topological polar surface area (TPSA) is 122 Å². The number of hydrogen-bond donors (Lipinski definition) is 3. The Morgan fingerprint density at radius 2 is 1.96 bits per heavy atom. The number of rotatable bonds is 3. The first-order chi connectivity index (χ1) is 13.5. The molecule has 9 nitrogen and oxygen atoms in total. The van der Waals surface area contributed by atoms with Crippen LogP contribution in [0.3, 0.4) is 0 Å². The predicted octanol–water partition coefficient (Wildman–Crippen LogP) is 1.72. The van der Waals surface area contributed by atoms with Crippen molar-refractivity contribution in [3.05, 3.63) is 34.3 Å². The number of benzene rings is 1. The molecule has 2 amide bonds.